The number of ether oxygens (including phenoxy) is 1. The van der Waals surface area contributed by atoms with Crippen LogP contribution in [0.5, 0.6) is 0 Å². The third kappa shape index (κ3) is 3.56. The topological polar surface area (TPSA) is 92.2 Å². The van der Waals surface area contributed by atoms with E-state index >= 15 is 0 Å². The molecule has 8 nitrogen and oxygen atoms in total. The lowest BCUT2D eigenvalue weighted by Gasteiger charge is -2.32. The van der Waals surface area contributed by atoms with E-state index in [9.17, 15) is 14.4 Å². The van der Waals surface area contributed by atoms with Crippen LogP contribution in [0.2, 0.25) is 0 Å². The van der Waals surface area contributed by atoms with Gasteiger partial charge in [-0.1, -0.05) is 30.3 Å². The Morgan fingerprint density at radius 2 is 1.88 bits per heavy atom. The molecule has 4 amide bonds. The zero-order valence-electron chi connectivity index (χ0n) is 15.2. The van der Waals surface area contributed by atoms with Crippen LogP contribution >= 0.6 is 0 Å². The van der Waals surface area contributed by atoms with Crippen molar-refractivity contribution in [3.63, 3.8) is 0 Å². The Bertz CT molecular complexity index is 700. The molecule has 140 valence electrons. The van der Waals surface area contributed by atoms with Crippen molar-refractivity contribution in [3.8, 4) is 0 Å². The van der Waals surface area contributed by atoms with Gasteiger partial charge in [0.2, 0.25) is 0 Å². The Morgan fingerprint density at radius 3 is 2.50 bits per heavy atom. The molecule has 0 spiro atoms. The highest BCUT2D eigenvalue weighted by Crippen LogP contribution is 2.27. The molecule has 2 saturated heterocycles. The number of quaternary nitrogens is 1. The largest absolute Gasteiger partial charge is 0.364 e. The normalized spacial score (nSPS) is 31.7. The van der Waals surface area contributed by atoms with Crippen LogP contribution in [0.25, 0.3) is 0 Å². The molecule has 0 aromatic heterocycles. The molecule has 0 radical (unpaired) electrons. The number of benzene rings is 1. The van der Waals surface area contributed by atoms with E-state index in [-0.39, 0.29) is 24.7 Å². The van der Waals surface area contributed by atoms with Crippen molar-refractivity contribution in [2.24, 2.45) is 0 Å². The zero-order chi connectivity index (χ0) is 18.9. The second-order valence-electron chi connectivity index (χ2n) is 7.19. The summed E-state index contributed by atoms with van der Waals surface area (Å²) in [7, 11) is 0. The van der Waals surface area contributed by atoms with Gasteiger partial charge in [-0.25, -0.2) is 4.79 Å². The summed E-state index contributed by atoms with van der Waals surface area (Å²) in [4.78, 5) is 38.5. The maximum Gasteiger partial charge on any atom is 0.344 e. The van der Waals surface area contributed by atoms with Gasteiger partial charge in [-0.05, 0) is 26.3 Å². The van der Waals surface area contributed by atoms with E-state index in [1.165, 1.54) is 0 Å². The van der Waals surface area contributed by atoms with Crippen LogP contribution in [0.15, 0.2) is 30.3 Å². The fourth-order valence-corrected chi connectivity index (χ4v) is 3.63. The van der Waals surface area contributed by atoms with E-state index in [4.69, 9.17) is 4.74 Å². The van der Waals surface area contributed by atoms with Gasteiger partial charge in [-0.2, -0.15) is 5.01 Å². The number of nitrogens with one attached hydrogen (secondary N) is 3. The second kappa shape index (κ2) is 7.05. The maximum atomic E-state index is 12.8. The van der Waals surface area contributed by atoms with Crippen molar-refractivity contribution < 1.29 is 24.0 Å². The Balaban J connectivity index is 1.65. The third-order valence-electron chi connectivity index (χ3n) is 4.81. The van der Waals surface area contributed by atoms with Crippen molar-refractivity contribution in [3.05, 3.63) is 35.9 Å². The summed E-state index contributed by atoms with van der Waals surface area (Å²) in [5.41, 5.74) is 1.92. The second-order valence-corrected chi connectivity index (χ2v) is 7.19. The van der Waals surface area contributed by atoms with Gasteiger partial charge in [-0.3, -0.25) is 15.0 Å². The van der Waals surface area contributed by atoms with Gasteiger partial charge in [0.05, 0.1) is 0 Å². The molecule has 1 aromatic rings. The van der Waals surface area contributed by atoms with Gasteiger partial charge >= 0.3 is 6.03 Å². The molecular weight excluding hydrogens is 336 g/mol. The summed E-state index contributed by atoms with van der Waals surface area (Å²) in [6.07, 6.45) is 0.138. The predicted octanol–water partition coefficient (Wildman–Crippen LogP) is -0.823. The summed E-state index contributed by atoms with van der Waals surface area (Å²) in [6, 6.07) is 8.33. The minimum absolute atomic E-state index is 0.0691. The van der Waals surface area contributed by atoms with Gasteiger partial charge in [0, 0.05) is 0 Å². The predicted molar refractivity (Wildman–Crippen MR) is 92.9 cm³/mol. The molecule has 2 fully saturated rings. The SMILES string of the molecule is C[C@H]1C[NH+](CC(=O)NN2C(=O)N[C@](C)(c3ccccc3)C2=O)C[C@H](C)O1. The third-order valence-corrected chi connectivity index (χ3v) is 4.81. The van der Waals surface area contributed by atoms with E-state index < -0.39 is 17.5 Å². The number of carbonyl (C=O) groups is 3. The molecule has 0 aliphatic carbocycles. The first-order chi connectivity index (χ1) is 12.3. The standard InChI is InChI=1S/C18H24N4O4/c1-12-9-21(10-13(2)26-12)11-15(23)20-22-16(24)18(3,19-17(22)25)14-7-5-4-6-8-14/h4-8,12-13H,9-11H2,1-3H3,(H,19,25)(H,20,23)/p+1/t12-,13-,18+/m0/s1. The van der Waals surface area contributed by atoms with Crippen LogP contribution in [0.4, 0.5) is 4.79 Å². The van der Waals surface area contributed by atoms with Gasteiger partial charge in [0.25, 0.3) is 11.8 Å². The molecule has 0 unspecified atom stereocenters. The summed E-state index contributed by atoms with van der Waals surface area (Å²) in [6.45, 7) is 7.16. The first-order valence-corrected chi connectivity index (χ1v) is 8.80. The number of hydrazine groups is 1. The molecule has 1 aromatic carbocycles. The average Bonchev–Trinajstić information content (AvgIpc) is 2.79. The van der Waals surface area contributed by atoms with Gasteiger partial charge in [-0.15, -0.1) is 0 Å². The van der Waals surface area contributed by atoms with E-state index in [1.54, 1.807) is 31.2 Å². The van der Waals surface area contributed by atoms with Crippen molar-refractivity contribution in [1.82, 2.24) is 15.8 Å². The number of rotatable bonds is 4. The Hall–Kier alpha value is -2.45. The number of hydrogen-bond acceptors (Lipinski definition) is 4. The fraction of sp³-hybridized carbons (Fsp3) is 0.500. The number of hydrogen-bond donors (Lipinski definition) is 3. The van der Waals surface area contributed by atoms with Crippen LogP contribution in [0.1, 0.15) is 26.3 Å². The van der Waals surface area contributed by atoms with Crippen LogP contribution in [-0.4, -0.2) is 54.7 Å². The van der Waals surface area contributed by atoms with E-state index in [2.05, 4.69) is 10.7 Å². The summed E-state index contributed by atoms with van der Waals surface area (Å²) < 4.78 is 5.66. The molecule has 0 saturated carbocycles. The molecule has 3 N–H and O–H groups in total. The average molecular weight is 361 g/mol. The lowest BCUT2D eigenvalue weighted by atomic mass is 9.92. The molecular formula is C18H25N4O4+. The number of morpholine rings is 1. The van der Waals surface area contributed by atoms with Crippen molar-refractivity contribution in [2.45, 2.75) is 38.5 Å². The summed E-state index contributed by atoms with van der Waals surface area (Å²) in [5, 5.41) is 3.45. The zero-order valence-corrected chi connectivity index (χ0v) is 15.2. The van der Waals surface area contributed by atoms with Crippen LogP contribution in [0.3, 0.4) is 0 Å². The number of amides is 4. The van der Waals surface area contributed by atoms with Crippen LogP contribution in [-0.2, 0) is 19.9 Å². The van der Waals surface area contributed by atoms with Gasteiger partial charge in [0.15, 0.2) is 6.54 Å². The fourth-order valence-electron chi connectivity index (χ4n) is 3.63. The number of imide groups is 1. The van der Waals surface area contributed by atoms with Crippen molar-refractivity contribution in [1.29, 1.82) is 0 Å². The smallest absolute Gasteiger partial charge is 0.344 e. The van der Waals surface area contributed by atoms with Gasteiger partial charge in [0.1, 0.15) is 30.8 Å². The molecule has 3 rings (SSSR count). The molecule has 2 aliphatic heterocycles. The monoisotopic (exact) mass is 361 g/mol. The summed E-state index contributed by atoms with van der Waals surface area (Å²) >= 11 is 0. The first-order valence-electron chi connectivity index (χ1n) is 8.80. The van der Waals surface area contributed by atoms with Crippen LogP contribution < -0.4 is 15.6 Å². The van der Waals surface area contributed by atoms with Crippen molar-refractivity contribution in [2.75, 3.05) is 19.6 Å². The molecule has 2 aliphatic rings. The van der Waals surface area contributed by atoms with E-state index in [1.807, 2.05) is 19.9 Å². The minimum Gasteiger partial charge on any atom is -0.364 e. The quantitative estimate of drug-likeness (QED) is 0.611. The Labute approximate surface area is 152 Å². The minimum atomic E-state index is -1.19. The molecule has 0 bridgehead atoms. The van der Waals surface area contributed by atoms with E-state index in [0.29, 0.717) is 18.7 Å². The molecule has 3 atom stereocenters. The number of carbonyl (C=O) groups excluding carboxylic acids is 3. The first kappa shape index (κ1) is 18.3. The Morgan fingerprint density at radius 1 is 1.27 bits per heavy atom. The lowest BCUT2D eigenvalue weighted by Crippen LogP contribution is -3.16. The Kier molecular flexibility index (Phi) is 4.97. The number of urea groups is 1. The summed E-state index contributed by atoms with van der Waals surface area (Å²) in [5.74, 6) is -0.872. The molecule has 26 heavy (non-hydrogen) atoms. The highest BCUT2D eigenvalue weighted by molar-refractivity contribution is 6.08. The lowest BCUT2D eigenvalue weighted by molar-refractivity contribution is -0.907. The highest BCUT2D eigenvalue weighted by atomic mass is 16.5. The van der Waals surface area contributed by atoms with Gasteiger partial charge < -0.3 is 15.0 Å². The highest BCUT2D eigenvalue weighted by Gasteiger charge is 2.50. The number of nitrogens with zero attached hydrogens (tertiary/aromatic N) is 1. The van der Waals surface area contributed by atoms with Crippen LogP contribution in [0, 0.1) is 0 Å². The van der Waals surface area contributed by atoms with E-state index in [0.717, 1.165) is 9.91 Å². The molecule has 8 heteroatoms. The maximum absolute atomic E-state index is 12.8. The molecule has 2 heterocycles. The van der Waals surface area contributed by atoms with Crippen molar-refractivity contribution >= 4 is 17.8 Å².